The molecule has 0 atom stereocenters. The van der Waals surface area contributed by atoms with Crippen molar-refractivity contribution < 1.29 is 0 Å². The van der Waals surface area contributed by atoms with Gasteiger partial charge in [0.1, 0.15) is 0 Å². The molecule has 0 unspecified atom stereocenters. The number of thioether (sulfide) groups is 1. The maximum atomic E-state index is 4.46. The lowest BCUT2D eigenvalue weighted by Crippen LogP contribution is -2.20. The van der Waals surface area contributed by atoms with Gasteiger partial charge in [0.15, 0.2) is 5.17 Å². The van der Waals surface area contributed by atoms with E-state index in [0.717, 1.165) is 11.7 Å². The summed E-state index contributed by atoms with van der Waals surface area (Å²) >= 11 is 1.85. The van der Waals surface area contributed by atoms with Crippen LogP contribution in [0.3, 0.4) is 0 Å². The second-order valence-electron chi connectivity index (χ2n) is 3.01. The largest absolute Gasteiger partial charge is 0.365 e. The van der Waals surface area contributed by atoms with Gasteiger partial charge in [-0.3, -0.25) is 4.99 Å². The maximum Gasteiger partial charge on any atom is 0.156 e. The summed E-state index contributed by atoms with van der Waals surface area (Å²) in [5.74, 6) is 1.22. The predicted octanol–water partition coefficient (Wildman–Crippen LogP) is 1.87. The van der Waals surface area contributed by atoms with Crippen molar-refractivity contribution in [2.45, 2.75) is 32.7 Å². The molecule has 64 valence electrons. The fourth-order valence-electron chi connectivity index (χ4n) is 0.960. The quantitative estimate of drug-likeness (QED) is 0.653. The van der Waals surface area contributed by atoms with Gasteiger partial charge in [-0.15, -0.1) is 0 Å². The zero-order valence-electron chi connectivity index (χ0n) is 7.26. The summed E-state index contributed by atoms with van der Waals surface area (Å²) in [5, 5.41) is 4.46. The van der Waals surface area contributed by atoms with Crippen molar-refractivity contribution in [3.63, 3.8) is 0 Å². The monoisotopic (exact) mass is 172 g/mol. The van der Waals surface area contributed by atoms with Gasteiger partial charge in [0.25, 0.3) is 0 Å². The van der Waals surface area contributed by atoms with Crippen LogP contribution in [0.15, 0.2) is 4.99 Å². The summed E-state index contributed by atoms with van der Waals surface area (Å²) in [6.07, 6.45) is 2.60. The Morgan fingerprint density at radius 2 is 2.27 bits per heavy atom. The van der Waals surface area contributed by atoms with Gasteiger partial charge >= 0.3 is 0 Å². The molecule has 1 aliphatic heterocycles. The molecule has 1 aliphatic rings. The molecule has 0 aliphatic carbocycles. The molecule has 0 aromatic carbocycles. The third-order valence-corrected chi connectivity index (χ3v) is 2.48. The molecule has 11 heavy (non-hydrogen) atoms. The Bertz CT molecular complexity index is 133. The van der Waals surface area contributed by atoms with Crippen molar-refractivity contribution in [1.82, 2.24) is 5.32 Å². The number of nitrogens with one attached hydrogen (secondary N) is 1. The fraction of sp³-hybridized carbons (Fsp3) is 0.875. The molecular weight excluding hydrogens is 156 g/mol. The van der Waals surface area contributed by atoms with Crippen LogP contribution in [0, 0.1) is 0 Å². The molecule has 0 spiro atoms. The normalized spacial score (nSPS) is 23.4. The van der Waals surface area contributed by atoms with E-state index in [1.165, 1.54) is 18.6 Å². The van der Waals surface area contributed by atoms with Crippen LogP contribution in [0.4, 0.5) is 0 Å². The maximum absolute atomic E-state index is 4.46. The highest BCUT2D eigenvalue weighted by Crippen LogP contribution is 2.10. The number of aliphatic imine (C=N–C) groups is 1. The van der Waals surface area contributed by atoms with Gasteiger partial charge in [-0.2, -0.15) is 0 Å². The lowest BCUT2D eigenvalue weighted by molar-refractivity contribution is 0.763. The summed E-state index contributed by atoms with van der Waals surface area (Å²) < 4.78 is 0. The summed E-state index contributed by atoms with van der Waals surface area (Å²) in [6, 6.07) is 0.420. The highest BCUT2D eigenvalue weighted by atomic mass is 32.2. The van der Waals surface area contributed by atoms with E-state index in [9.17, 15) is 0 Å². The van der Waals surface area contributed by atoms with E-state index in [0.29, 0.717) is 6.04 Å². The van der Waals surface area contributed by atoms with Gasteiger partial charge < -0.3 is 5.32 Å². The summed E-state index contributed by atoms with van der Waals surface area (Å²) in [6.45, 7) is 5.32. The van der Waals surface area contributed by atoms with E-state index in [1.807, 2.05) is 11.8 Å². The molecule has 0 saturated carbocycles. The highest BCUT2D eigenvalue weighted by Gasteiger charge is 2.04. The highest BCUT2D eigenvalue weighted by molar-refractivity contribution is 8.13. The van der Waals surface area contributed by atoms with Crippen LogP contribution in [-0.4, -0.2) is 23.5 Å². The molecule has 1 saturated heterocycles. The van der Waals surface area contributed by atoms with Gasteiger partial charge in [-0.1, -0.05) is 11.8 Å². The summed E-state index contributed by atoms with van der Waals surface area (Å²) in [5.41, 5.74) is 0. The minimum absolute atomic E-state index is 0.420. The average molecular weight is 172 g/mol. The fourth-order valence-corrected chi connectivity index (χ4v) is 1.99. The Labute approximate surface area is 72.9 Å². The Hall–Kier alpha value is -0.180. The topological polar surface area (TPSA) is 24.4 Å². The molecule has 2 nitrogen and oxygen atoms in total. The first kappa shape index (κ1) is 8.91. The van der Waals surface area contributed by atoms with Crippen LogP contribution in [0.1, 0.15) is 26.7 Å². The molecule has 0 aromatic heterocycles. The average Bonchev–Trinajstić information content (AvgIpc) is 2.14. The van der Waals surface area contributed by atoms with Crippen LogP contribution in [0.5, 0.6) is 0 Å². The Morgan fingerprint density at radius 3 is 3.00 bits per heavy atom. The third kappa shape index (κ3) is 3.65. The van der Waals surface area contributed by atoms with Crippen LogP contribution in [0.25, 0.3) is 0 Å². The van der Waals surface area contributed by atoms with Crippen LogP contribution >= 0.6 is 11.8 Å². The minimum atomic E-state index is 0.420. The van der Waals surface area contributed by atoms with Crippen LogP contribution in [-0.2, 0) is 0 Å². The number of rotatable bonds is 1. The van der Waals surface area contributed by atoms with Gasteiger partial charge in [-0.25, -0.2) is 0 Å². The van der Waals surface area contributed by atoms with Crippen molar-refractivity contribution in [2.75, 3.05) is 12.3 Å². The first-order chi connectivity index (χ1) is 5.29. The van der Waals surface area contributed by atoms with Crippen molar-refractivity contribution in [3.8, 4) is 0 Å². The van der Waals surface area contributed by atoms with Gasteiger partial charge in [0.05, 0.1) is 0 Å². The Kier molecular flexibility index (Phi) is 3.77. The van der Waals surface area contributed by atoms with E-state index in [1.54, 1.807) is 0 Å². The second-order valence-corrected chi connectivity index (χ2v) is 4.09. The Balaban J connectivity index is 2.42. The molecule has 0 aromatic rings. The van der Waals surface area contributed by atoms with E-state index in [-0.39, 0.29) is 0 Å². The van der Waals surface area contributed by atoms with Crippen LogP contribution in [0.2, 0.25) is 0 Å². The summed E-state index contributed by atoms with van der Waals surface area (Å²) in [7, 11) is 0. The third-order valence-electron chi connectivity index (χ3n) is 1.46. The lowest BCUT2D eigenvalue weighted by atomic mass is 10.3. The Morgan fingerprint density at radius 1 is 1.45 bits per heavy atom. The molecule has 0 bridgehead atoms. The number of hydrogen-bond acceptors (Lipinski definition) is 2. The molecule has 1 fully saturated rings. The number of hydrogen-bond donors (Lipinski definition) is 1. The van der Waals surface area contributed by atoms with E-state index in [2.05, 4.69) is 24.2 Å². The first-order valence-electron chi connectivity index (χ1n) is 4.23. The van der Waals surface area contributed by atoms with Crippen molar-refractivity contribution in [2.24, 2.45) is 4.99 Å². The molecular formula is C8H16N2S. The molecule has 0 amide bonds. The predicted molar refractivity (Wildman–Crippen MR) is 52.3 cm³/mol. The molecule has 1 N–H and O–H groups in total. The molecule has 1 rings (SSSR count). The van der Waals surface area contributed by atoms with Gasteiger partial charge in [0, 0.05) is 18.3 Å². The lowest BCUT2D eigenvalue weighted by Gasteiger charge is -2.05. The van der Waals surface area contributed by atoms with Crippen molar-refractivity contribution >= 4 is 16.9 Å². The van der Waals surface area contributed by atoms with Crippen molar-refractivity contribution in [1.29, 1.82) is 0 Å². The second kappa shape index (κ2) is 4.65. The number of amidine groups is 1. The molecule has 0 radical (unpaired) electrons. The smallest absolute Gasteiger partial charge is 0.156 e. The van der Waals surface area contributed by atoms with Gasteiger partial charge in [-0.05, 0) is 26.7 Å². The molecule has 1 heterocycles. The molecule has 3 heteroatoms. The SMILES string of the molecule is CC(C)/N=C1\NCCCCS1. The first-order valence-corrected chi connectivity index (χ1v) is 5.22. The van der Waals surface area contributed by atoms with E-state index < -0.39 is 0 Å². The van der Waals surface area contributed by atoms with E-state index >= 15 is 0 Å². The van der Waals surface area contributed by atoms with Gasteiger partial charge in [0.2, 0.25) is 0 Å². The number of nitrogens with zero attached hydrogens (tertiary/aromatic N) is 1. The van der Waals surface area contributed by atoms with Crippen molar-refractivity contribution in [3.05, 3.63) is 0 Å². The zero-order chi connectivity index (χ0) is 8.10. The minimum Gasteiger partial charge on any atom is -0.365 e. The standard InChI is InChI=1S/C8H16N2S/c1-7(2)10-8-9-5-3-4-6-11-8/h7H,3-6H2,1-2H3,(H,9,10). The summed E-state index contributed by atoms with van der Waals surface area (Å²) in [4.78, 5) is 4.46. The zero-order valence-corrected chi connectivity index (χ0v) is 8.08. The van der Waals surface area contributed by atoms with Crippen LogP contribution < -0.4 is 5.32 Å². The van der Waals surface area contributed by atoms with E-state index in [4.69, 9.17) is 0 Å².